The van der Waals surface area contributed by atoms with Crippen LogP contribution in [-0.2, 0) is 0 Å². The maximum atomic E-state index is 9.90. The molecule has 0 amide bonds. The molecular weight excluding hydrogens is 224 g/mol. The highest BCUT2D eigenvalue weighted by atomic mass is 32.1. The van der Waals surface area contributed by atoms with Gasteiger partial charge in [0.05, 0.1) is 21.8 Å². The van der Waals surface area contributed by atoms with Crippen LogP contribution in [0.5, 0.6) is 0 Å². The average molecular weight is 238 g/mol. The van der Waals surface area contributed by atoms with Gasteiger partial charge in [-0.1, -0.05) is 6.07 Å². The van der Waals surface area contributed by atoms with E-state index in [0.717, 1.165) is 10.2 Å². The molecule has 1 aromatic heterocycles. The number of thiazole rings is 1. The van der Waals surface area contributed by atoms with Crippen LogP contribution in [-0.4, -0.2) is 34.9 Å². The zero-order valence-corrected chi connectivity index (χ0v) is 9.74. The molecule has 0 fully saturated rings. The molecule has 0 aliphatic heterocycles. The number of likely N-dealkylation sites (N-methyl/N-ethyl adjacent to an activating group) is 1. The minimum absolute atomic E-state index is 0.357. The van der Waals surface area contributed by atoms with Crippen LogP contribution >= 0.6 is 11.3 Å². The van der Waals surface area contributed by atoms with Gasteiger partial charge in [0.2, 0.25) is 0 Å². The Kier molecular flexibility index (Phi) is 3.50. The molecule has 0 saturated carbocycles. The van der Waals surface area contributed by atoms with Crippen LogP contribution < -0.4 is 5.32 Å². The van der Waals surface area contributed by atoms with Gasteiger partial charge in [0.15, 0.2) is 0 Å². The lowest BCUT2D eigenvalue weighted by atomic mass is 10.0. The maximum Gasteiger partial charge on any atom is 0.106 e. The van der Waals surface area contributed by atoms with E-state index < -0.39 is 12.2 Å². The number of nitrogens with one attached hydrogen (secondary N) is 1. The molecule has 0 bridgehead atoms. The van der Waals surface area contributed by atoms with Gasteiger partial charge in [-0.15, -0.1) is 11.3 Å². The van der Waals surface area contributed by atoms with Crippen LogP contribution in [0.4, 0.5) is 0 Å². The summed E-state index contributed by atoms with van der Waals surface area (Å²) < 4.78 is 1.08. The highest BCUT2D eigenvalue weighted by molar-refractivity contribution is 7.16. The van der Waals surface area contributed by atoms with Gasteiger partial charge in [-0.05, 0) is 24.7 Å². The van der Waals surface area contributed by atoms with Crippen molar-refractivity contribution in [2.24, 2.45) is 0 Å². The Bertz CT molecular complexity index is 472. The van der Waals surface area contributed by atoms with Crippen molar-refractivity contribution in [3.63, 3.8) is 0 Å². The molecule has 0 spiro atoms. The summed E-state index contributed by atoms with van der Waals surface area (Å²) in [7, 11) is 1.74. The Hall–Kier alpha value is -1.01. The molecule has 0 aliphatic rings. The van der Waals surface area contributed by atoms with E-state index in [9.17, 15) is 10.2 Å². The fourth-order valence-electron chi connectivity index (χ4n) is 1.60. The lowest BCUT2D eigenvalue weighted by Gasteiger charge is -2.17. The van der Waals surface area contributed by atoms with Gasteiger partial charge in [-0.2, -0.15) is 0 Å². The van der Waals surface area contributed by atoms with Crippen LogP contribution in [0.1, 0.15) is 11.7 Å². The fourth-order valence-corrected chi connectivity index (χ4v) is 2.26. The first-order valence-electron chi connectivity index (χ1n) is 5.06. The summed E-state index contributed by atoms with van der Waals surface area (Å²) in [5.74, 6) is 0. The Labute approximate surface area is 97.6 Å². The van der Waals surface area contributed by atoms with Crippen molar-refractivity contribution in [3.8, 4) is 0 Å². The Balaban J connectivity index is 2.24. The highest BCUT2D eigenvalue weighted by Gasteiger charge is 2.17. The maximum absolute atomic E-state index is 9.90. The van der Waals surface area contributed by atoms with Crippen molar-refractivity contribution in [2.75, 3.05) is 13.6 Å². The Morgan fingerprint density at radius 2 is 2.25 bits per heavy atom. The van der Waals surface area contributed by atoms with Gasteiger partial charge < -0.3 is 15.5 Å². The SMILES string of the molecule is CNCC(O)C(O)c1ccc2scnc2c1. The smallest absolute Gasteiger partial charge is 0.106 e. The monoisotopic (exact) mass is 238 g/mol. The second-order valence-electron chi connectivity index (χ2n) is 3.65. The van der Waals surface area contributed by atoms with Crippen LogP contribution in [0.3, 0.4) is 0 Å². The molecule has 2 rings (SSSR count). The second-order valence-corrected chi connectivity index (χ2v) is 4.54. The van der Waals surface area contributed by atoms with Crippen molar-refractivity contribution in [2.45, 2.75) is 12.2 Å². The van der Waals surface area contributed by atoms with E-state index in [2.05, 4.69) is 10.3 Å². The summed E-state index contributed by atoms with van der Waals surface area (Å²) in [5, 5.41) is 22.4. The average Bonchev–Trinajstić information content (AvgIpc) is 2.75. The van der Waals surface area contributed by atoms with Gasteiger partial charge in [-0.25, -0.2) is 4.98 Å². The van der Waals surface area contributed by atoms with E-state index in [1.807, 2.05) is 18.2 Å². The zero-order chi connectivity index (χ0) is 11.5. The molecular formula is C11H14N2O2S. The van der Waals surface area contributed by atoms with Crippen molar-refractivity contribution in [1.82, 2.24) is 10.3 Å². The van der Waals surface area contributed by atoms with Gasteiger partial charge in [0.25, 0.3) is 0 Å². The van der Waals surface area contributed by atoms with E-state index in [1.165, 1.54) is 0 Å². The van der Waals surface area contributed by atoms with E-state index in [1.54, 1.807) is 23.9 Å². The van der Waals surface area contributed by atoms with Crippen molar-refractivity contribution in [1.29, 1.82) is 0 Å². The minimum Gasteiger partial charge on any atom is -0.389 e. The van der Waals surface area contributed by atoms with Gasteiger partial charge in [-0.3, -0.25) is 0 Å². The highest BCUT2D eigenvalue weighted by Crippen LogP contribution is 2.23. The predicted octanol–water partition coefficient (Wildman–Crippen LogP) is 0.910. The molecule has 0 saturated heterocycles. The molecule has 0 aliphatic carbocycles. The van der Waals surface area contributed by atoms with Gasteiger partial charge in [0, 0.05) is 6.54 Å². The zero-order valence-electron chi connectivity index (χ0n) is 8.92. The van der Waals surface area contributed by atoms with Crippen LogP contribution in [0, 0.1) is 0 Å². The lowest BCUT2D eigenvalue weighted by molar-refractivity contribution is 0.0203. The summed E-state index contributed by atoms with van der Waals surface area (Å²) in [4.78, 5) is 4.18. The quantitative estimate of drug-likeness (QED) is 0.741. The number of benzene rings is 1. The molecule has 4 nitrogen and oxygen atoms in total. The predicted molar refractivity (Wildman–Crippen MR) is 64.5 cm³/mol. The van der Waals surface area contributed by atoms with E-state index in [4.69, 9.17) is 0 Å². The Morgan fingerprint density at radius 3 is 3.00 bits per heavy atom. The summed E-state index contributed by atoms with van der Waals surface area (Å²) in [6.45, 7) is 0.357. The molecule has 3 N–H and O–H groups in total. The number of aliphatic hydroxyl groups is 2. The third kappa shape index (κ3) is 2.22. The molecule has 1 aromatic carbocycles. The number of aliphatic hydroxyl groups excluding tert-OH is 2. The summed E-state index contributed by atoms with van der Waals surface area (Å²) in [6, 6.07) is 5.55. The number of hydrogen-bond acceptors (Lipinski definition) is 5. The fraction of sp³-hybridized carbons (Fsp3) is 0.364. The Morgan fingerprint density at radius 1 is 1.44 bits per heavy atom. The molecule has 1 heterocycles. The van der Waals surface area contributed by atoms with E-state index in [-0.39, 0.29) is 0 Å². The molecule has 2 unspecified atom stereocenters. The van der Waals surface area contributed by atoms with E-state index in [0.29, 0.717) is 12.1 Å². The summed E-state index contributed by atoms with van der Waals surface area (Å²) in [6.07, 6.45) is -1.68. The molecule has 2 atom stereocenters. The number of hydrogen-bond donors (Lipinski definition) is 3. The van der Waals surface area contributed by atoms with Crippen molar-refractivity contribution in [3.05, 3.63) is 29.3 Å². The van der Waals surface area contributed by atoms with Crippen molar-refractivity contribution < 1.29 is 10.2 Å². The minimum atomic E-state index is -0.876. The number of aromatic nitrogens is 1. The van der Waals surface area contributed by atoms with Crippen molar-refractivity contribution >= 4 is 21.6 Å². The molecule has 2 aromatic rings. The second kappa shape index (κ2) is 4.88. The van der Waals surface area contributed by atoms with E-state index >= 15 is 0 Å². The van der Waals surface area contributed by atoms with Crippen LogP contribution in [0.25, 0.3) is 10.2 Å². The topological polar surface area (TPSA) is 65.4 Å². The third-order valence-electron chi connectivity index (χ3n) is 2.47. The first-order valence-corrected chi connectivity index (χ1v) is 5.94. The lowest BCUT2D eigenvalue weighted by Crippen LogP contribution is -2.29. The largest absolute Gasteiger partial charge is 0.389 e. The third-order valence-corrected chi connectivity index (χ3v) is 3.28. The summed E-state index contributed by atoms with van der Waals surface area (Å²) >= 11 is 1.56. The molecule has 86 valence electrons. The molecule has 5 heteroatoms. The standard InChI is InChI=1S/C11H14N2O2S/c1-12-5-9(14)11(15)7-2-3-10-8(4-7)13-6-16-10/h2-4,6,9,11-12,14-15H,5H2,1H3. The number of fused-ring (bicyclic) bond motifs is 1. The molecule has 16 heavy (non-hydrogen) atoms. The van der Waals surface area contributed by atoms with Crippen LogP contribution in [0.15, 0.2) is 23.7 Å². The summed E-state index contributed by atoms with van der Waals surface area (Å²) in [5.41, 5.74) is 3.32. The first-order chi connectivity index (χ1) is 7.72. The number of rotatable bonds is 4. The van der Waals surface area contributed by atoms with Gasteiger partial charge >= 0.3 is 0 Å². The van der Waals surface area contributed by atoms with Crippen LogP contribution in [0.2, 0.25) is 0 Å². The normalized spacial score (nSPS) is 15.2. The first kappa shape index (κ1) is 11.5. The number of nitrogens with zero attached hydrogens (tertiary/aromatic N) is 1. The molecule has 0 radical (unpaired) electrons. The van der Waals surface area contributed by atoms with Gasteiger partial charge in [0.1, 0.15) is 6.10 Å².